The van der Waals surface area contributed by atoms with Gasteiger partial charge in [0, 0.05) is 11.6 Å². The Kier molecular flexibility index (Phi) is 4.56. The van der Waals surface area contributed by atoms with Gasteiger partial charge in [-0.1, -0.05) is 42.5 Å². The summed E-state index contributed by atoms with van der Waals surface area (Å²) in [5, 5.41) is 0. The third kappa shape index (κ3) is 3.16. The van der Waals surface area contributed by atoms with Crippen LogP contribution in [0, 0.1) is 6.92 Å². The Bertz CT molecular complexity index is 1130. The molecule has 0 saturated carbocycles. The van der Waals surface area contributed by atoms with Gasteiger partial charge in [0.2, 0.25) is 5.89 Å². The molecule has 3 aromatic carbocycles. The van der Waals surface area contributed by atoms with E-state index < -0.39 is 11.2 Å². The average Bonchev–Trinajstić information content (AvgIpc) is 3.10. The minimum atomic E-state index is -1.28. The van der Waals surface area contributed by atoms with Crippen LogP contribution >= 0.6 is 0 Å². The van der Waals surface area contributed by atoms with Crippen molar-refractivity contribution in [2.24, 2.45) is 0 Å². The molecule has 1 aromatic heterocycles. The molecule has 0 fully saturated rings. The van der Waals surface area contributed by atoms with Crippen LogP contribution in [0.5, 0.6) is 0 Å². The van der Waals surface area contributed by atoms with E-state index in [1.165, 1.54) is 0 Å². The number of fused-ring (bicyclic) bond motifs is 1. The third-order valence-corrected chi connectivity index (χ3v) is 5.58. The van der Waals surface area contributed by atoms with Gasteiger partial charge in [0.1, 0.15) is 11.8 Å². The summed E-state index contributed by atoms with van der Waals surface area (Å²) in [7, 11) is 0. The Morgan fingerprint density at radius 2 is 1.78 bits per heavy atom. The first kappa shape index (κ1) is 17.5. The van der Waals surface area contributed by atoms with E-state index in [2.05, 4.69) is 23.2 Å². The Labute approximate surface area is 160 Å². The zero-order chi connectivity index (χ0) is 19.0. The summed E-state index contributed by atoms with van der Waals surface area (Å²) < 4.78 is 17.8. The highest BCUT2D eigenvalue weighted by Gasteiger charge is 2.18. The van der Waals surface area contributed by atoms with Crippen molar-refractivity contribution in [3.63, 3.8) is 0 Å². The highest BCUT2D eigenvalue weighted by Crippen LogP contribution is 2.33. The maximum atomic E-state index is 11.9. The maximum Gasteiger partial charge on any atom is 0.227 e. The zero-order valence-corrected chi connectivity index (χ0v) is 15.7. The zero-order valence-electron chi connectivity index (χ0n) is 14.9. The molecule has 1 unspecified atom stereocenters. The van der Waals surface area contributed by atoms with Gasteiger partial charge >= 0.3 is 0 Å². The van der Waals surface area contributed by atoms with Crippen LogP contribution in [0.25, 0.3) is 33.7 Å². The molecule has 4 aromatic rings. The second-order valence-corrected chi connectivity index (χ2v) is 7.64. The lowest BCUT2D eigenvalue weighted by atomic mass is 9.96. The van der Waals surface area contributed by atoms with Crippen molar-refractivity contribution < 1.29 is 13.8 Å². The number of hydrogen-bond acceptors (Lipinski definition) is 4. The number of carbonyl (C=O) groups excluding carboxylic acids is 1. The molecule has 27 heavy (non-hydrogen) atoms. The average molecular weight is 375 g/mol. The summed E-state index contributed by atoms with van der Waals surface area (Å²) in [5.41, 5.74) is 5.65. The minimum Gasteiger partial charge on any atom is -0.612 e. The highest BCUT2D eigenvalue weighted by atomic mass is 32.2. The van der Waals surface area contributed by atoms with E-state index in [9.17, 15) is 9.35 Å². The van der Waals surface area contributed by atoms with Gasteiger partial charge in [0.15, 0.2) is 16.8 Å². The van der Waals surface area contributed by atoms with Crippen LogP contribution in [0.2, 0.25) is 0 Å². The van der Waals surface area contributed by atoms with Crippen LogP contribution < -0.4 is 0 Å². The number of aldehydes is 1. The van der Waals surface area contributed by atoms with Crippen LogP contribution in [0.3, 0.4) is 0 Å². The molecule has 0 bridgehead atoms. The lowest BCUT2D eigenvalue weighted by Gasteiger charge is -2.09. The van der Waals surface area contributed by atoms with Crippen molar-refractivity contribution in [2.75, 3.05) is 6.26 Å². The van der Waals surface area contributed by atoms with Gasteiger partial charge in [-0.25, -0.2) is 4.98 Å². The van der Waals surface area contributed by atoms with Crippen molar-refractivity contribution in [1.29, 1.82) is 0 Å². The third-order valence-electron chi connectivity index (χ3n) is 4.61. The molecule has 0 amide bonds. The van der Waals surface area contributed by atoms with Gasteiger partial charge in [-0.3, -0.25) is 4.79 Å². The quantitative estimate of drug-likeness (QED) is 0.371. The first-order valence-electron chi connectivity index (χ1n) is 8.47. The molecule has 0 aliphatic carbocycles. The predicted molar refractivity (Wildman–Crippen MR) is 107 cm³/mol. The van der Waals surface area contributed by atoms with E-state index in [0.717, 1.165) is 22.3 Å². The Morgan fingerprint density at radius 3 is 2.48 bits per heavy atom. The van der Waals surface area contributed by atoms with Gasteiger partial charge in [0.05, 0.1) is 5.56 Å². The Balaban J connectivity index is 1.87. The minimum absolute atomic E-state index is 0.373. The standard InChI is InChI=1S/C22H17NO3S/c1-14-17(15-7-4-3-5-8-15)9-6-10-18(14)22-23-19-11-16(13-24)21(27(2)25)12-20(19)26-22/h3-13H,1-2H3. The van der Waals surface area contributed by atoms with E-state index in [0.29, 0.717) is 33.7 Å². The molecule has 0 N–H and O–H groups in total. The molecule has 4 rings (SSSR count). The van der Waals surface area contributed by atoms with Crippen molar-refractivity contribution in [2.45, 2.75) is 11.8 Å². The van der Waals surface area contributed by atoms with Gasteiger partial charge < -0.3 is 8.97 Å². The summed E-state index contributed by atoms with van der Waals surface area (Å²) in [5.74, 6) is 0.483. The van der Waals surface area contributed by atoms with Gasteiger partial charge in [-0.15, -0.1) is 0 Å². The number of benzene rings is 3. The number of nitrogens with zero attached hydrogens (tertiary/aromatic N) is 1. The Morgan fingerprint density at radius 1 is 1.04 bits per heavy atom. The monoisotopic (exact) mass is 375 g/mol. The molecular formula is C22H17NO3S. The number of carbonyl (C=O) groups is 1. The molecule has 0 aliphatic rings. The summed E-state index contributed by atoms with van der Waals surface area (Å²) in [4.78, 5) is 16.3. The van der Waals surface area contributed by atoms with Crippen LogP contribution in [-0.4, -0.2) is 22.1 Å². The van der Waals surface area contributed by atoms with E-state index >= 15 is 0 Å². The van der Waals surface area contributed by atoms with Crippen LogP contribution in [0.1, 0.15) is 15.9 Å². The molecule has 0 aliphatic heterocycles. The molecular weight excluding hydrogens is 358 g/mol. The Hall–Kier alpha value is -2.89. The van der Waals surface area contributed by atoms with Crippen molar-refractivity contribution >= 4 is 28.6 Å². The topological polar surface area (TPSA) is 66.2 Å². The molecule has 4 nitrogen and oxygen atoms in total. The van der Waals surface area contributed by atoms with Gasteiger partial charge in [-0.2, -0.15) is 0 Å². The summed E-state index contributed by atoms with van der Waals surface area (Å²) in [6, 6.07) is 19.4. The summed E-state index contributed by atoms with van der Waals surface area (Å²) in [6.45, 7) is 2.04. The second-order valence-electron chi connectivity index (χ2n) is 6.29. The smallest absolute Gasteiger partial charge is 0.227 e. The molecule has 1 atom stereocenters. The fourth-order valence-electron chi connectivity index (χ4n) is 3.23. The van der Waals surface area contributed by atoms with Gasteiger partial charge in [0.25, 0.3) is 0 Å². The fourth-order valence-corrected chi connectivity index (χ4v) is 3.94. The SMILES string of the molecule is Cc1c(-c2ccccc2)cccc1-c1nc2cc(C=O)c([S+](C)[O-])cc2o1. The van der Waals surface area contributed by atoms with Crippen LogP contribution in [0.15, 0.2) is 70.0 Å². The number of hydrogen-bond donors (Lipinski definition) is 0. The molecule has 134 valence electrons. The first-order chi connectivity index (χ1) is 13.1. The molecule has 0 spiro atoms. The molecule has 1 heterocycles. The lowest BCUT2D eigenvalue weighted by Crippen LogP contribution is -2.01. The van der Waals surface area contributed by atoms with E-state index in [1.807, 2.05) is 37.3 Å². The van der Waals surface area contributed by atoms with Gasteiger partial charge in [-0.05, 0) is 46.9 Å². The van der Waals surface area contributed by atoms with Crippen molar-refractivity contribution in [1.82, 2.24) is 4.98 Å². The first-order valence-corrected chi connectivity index (χ1v) is 10.0. The number of oxazole rings is 1. The second kappa shape index (κ2) is 7.02. The fraction of sp³-hybridized carbons (Fsp3) is 0.0909. The van der Waals surface area contributed by atoms with Crippen LogP contribution in [-0.2, 0) is 11.2 Å². The largest absolute Gasteiger partial charge is 0.612 e. The molecule has 0 radical (unpaired) electrons. The van der Waals surface area contributed by atoms with E-state index in [4.69, 9.17) is 4.42 Å². The van der Waals surface area contributed by atoms with E-state index in [1.54, 1.807) is 18.4 Å². The van der Waals surface area contributed by atoms with Crippen molar-refractivity contribution in [3.05, 3.63) is 71.8 Å². The molecule has 5 heteroatoms. The predicted octanol–water partition coefficient (Wildman–Crippen LogP) is 5.02. The van der Waals surface area contributed by atoms with Crippen molar-refractivity contribution in [3.8, 4) is 22.6 Å². The maximum absolute atomic E-state index is 11.9. The summed E-state index contributed by atoms with van der Waals surface area (Å²) >= 11 is -1.28. The van der Waals surface area contributed by atoms with E-state index in [-0.39, 0.29) is 0 Å². The number of aromatic nitrogens is 1. The van der Waals surface area contributed by atoms with Crippen LogP contribution in [0.4, 0.5) is 0 Å². The molecule has 0 saturated heterocycles. The normalized spacial score (nSPS) is 12.3. The highest BCUT2D eigenvalue weighted by molar-refractivity contribution is 7.90. The summed E-state index contributed by atoms with van der Waals surface area (Å²) in [6.07, 6.45) is 2.24. The number of rotatable bonds is 4. The lowest BCUT2D eigenvalue weighted by molar-refractivity contribution is 0.112.